The molecule has 27 heavy (non-hydrogen) atoms. The van der Waals surface area contributed by atoms with E-state index in [4.69, 9.17) is 4.43 Å². The van der Waals surface area contributed by atoms with E-state index in [2.05, 4.69) is 69.3 Å². The SMILES string of the molecule is CC(C)(C)[Si](OCC12CC(C(=O)O)(C1)C2)(c1ccccc1)c1ccccc1. The first-order valence-electron chi connectivity index (χ1n) is 9.72. The van der Waals surface area contributed by atoms with Crippen LogP contribution in [-0.4, -0.2) is 26.0 Å². The fourth-order valence-corrected chi connectivity index (χ4v) is 10.1. The van der Waals surface area contributed by atoms with Crippen molar-refractivity contribution in [3.05, 3.63) is 60.7 Å². The Morgan fingerprint density at radius 1 is 0.963 bits per heavy atom. The summed E-state index contributed by atoms with van der Waals surface area (Å²) in [6, 6.07) is 21.3. The molecule has 0 heterocycles. The summed E-state index contributed by atoms with van der Waals surface area (Å²) in [6.45, 7) is 7.50. The van der Waals surface area contributed by atoms with Crippen LogP contribution < -0.4 is 10.4 Å². The molecule has 0 spiro atoms. The van der Waals surface area contributed by atoms with Crippen molar-refractivity contribution in [2.45, 2.75) is 45.1 Å². The minimum absolute atomic E-state index is 0.0380. The summed E-state index contributed by atoms with van der Waals surface area (Å²) in [5, 5.41) is 11.9. The molecule has 2 aromatic carbocycles. The van der Waals surface area contributed by atoms with Crippen LogP contribution in [0.5, 0.6) is 0 Å². The van der Waals surface area contributed by atoms with Crippen molar-refractivity contribution in [1.29, 1.82) is 0 Å². The lowest BCUT2D eigenvalue weighted by molar-refractivity contribution is -0.232. The molecule has 0 amide bonds. The van der Waals surface area contributed by atoms with Gasteiger partial charge in [0.1, 0.15) is 0 Å². The third-order valence-electron chi connectivity index (χ3n) is 6.61. The van der Waals surface area contributed by atoms with Crippen LogP contribution in [0.25, 0.3) is 0 Å². The number of rotatable bonds is 6. The molecule has 1 N–H and O–H groups in total. The molecule has 0 radical (unpaired) electrons. The maximum atomic E-state index is 11.5. The number of hydrogen-bond acceptors (Lipinski definition) is 2. The molecular weight excluding hydrogens is 352 g/mol. The van der Waals surface area contributed by atoms with Crippen molar-refractivity contribution in [3.8, 4) is 0 Å². The molecule has 3 aliphatic carbocycles. The van der Waals surface area contributed by atoms with Crippen molar-refractivity contribution in [2.24, 2.45) is 10.8 Å². The van der Waals surface area contributed by atoms with Gasteiger partial charge in [0.15, 0.2) is 0 Å². The highest BCUT2D eigenvalue weighted by Gasteiger charge is 2.72. The molecule has 0 aromatic heterocycles. The molecule has 4 heteroatoms. The van der Waals surface area contributed by atoms with E-state index in [0.29, 0.717) is 6.61 Å². The number of hydrogen-bond donors (Lipinski definition) is 1. The zero-order valence-corrected chi connectivity index (χ0v) is 17.4. The van der Waals surface area contributed by atoms with E-state index in [9.17, 15) is 9.90 Å². The molecule has 3 saturated carbocycles. The zero-order valence-electron chi connectivity index (χ0n) is 16.4. The van der Waals surface area contributed by atoms with Crippen LogP contribution in [0.4, 0.5) is 0 Å². The molecule has 0 unspecified atom stereocenters. The second kappa shape index (κ2) is 6.04. The average molecular weight is 381 g/mol. The summed E-state index contributed by atoms with van der Waals surface area (Å²) in [5.41, 5.74) is -0.375. The number of benzene rings is 2. The molecule has 3 aliphatic rings. The van der Waals surface area contributed by atoms with Crippen LogP contribution in [-0.2, 0) is 9.22 Å². The van der Waals surface area contributed by atoms with E-state index in [1.807, 2.05) is 12.1 Å². The maximum Gasteiger partial charge on any atom is 0.309 e. The summed E-state index contributed by atoms with van der Waals surface area (Å²) in [4.78, 5) is 11.5. The van der Waals surface area contributed by atoms with Crippen molar-refractivity contribution in [2.75, 3.05) is 6.61 Å². The van der Waals surface area contributed by atoms with E-state index >= 15 is 0 Å². The van der Waals surface area contributed by atoms with E-state index in [0.717, 1.165) is 19.3 Å². The zero-order chi connectivity index (χ0) is 19.3. The van der Waals surface area contributed by atoms with E-state index < -0.39 is 19.7 Å². The largest absolute Gasteiger partial charge is 0.481 e. The third kappa shape index (κ3) is 2.69. The average Bonchev–Trinajstić information content (AvgIpc) is 2.56. The highest BCUT2D eigenvalue weighted by Crippen LogP contribution is 2.73. The second-order valence-electron chi connectivity index (χ2n) is 9.57. The monoisotopic (exact) mass is 380 g/mol. The normalized spacial score (nSPS) is 26.8. The van der Waals surface area contributed by atoms with Gasteiger partial charge >= 0.3 is 5.97 Å². The predicted molar refractivity (Wildman–Crippen MR) is 110 cm³/mol. The molecule has 3 nitrogen and oxygen atoms in total. The van der Waals surface area contributed by atoms with Crippen LogP contribution in [0.2, 0.25) is 5.04 Å². The molecular formula is C23H28O3Si. The lowest BCUT2D eigenvalue weighted by Gasteiger charge is -2.68. The highest BCUT2D eigenvalue weighted by atomic mass is 28.4. The smallest absolute Gasteiger partial charge is 0.309 e. The third-order valence-corrected chi connectivity index (χ3v) is 11.6. The fraction of sp³-hybridized carbons (Fsp3) is 0.435. The van der Waals surface area contributed by atoms with Gasteiger partial charge < -0.3 is 9.53 Å². The van der Waals surface area contributed by atoms with Crippen molar-refractivity contribution >= 4 is 24.7 Å². The molecule has 0 aliphatic heterocycles. The van der Waals surface area contributed by atoms with Gasteiger partial charge in [-0.3, -0.25) is 4.79 Å². The Morgan fingerprint density at radius 2 is 1.41 bits per heavy atom. The number of carboxylic acid groups (broad SMARTS) is 1. The summed E-state index contributed by atoms with van der Waals surface area (Å²) >= 11 is 0. The van der Waals surface area contributed by atoms with Gasteiger partial charge in [0, 0.05) is 6.61 Å². The number of carbonyl (C=O) groups is 1. The second-order valence-corrected chi connectivity index (χ2v) is 13.9. The minimum atomic E-state index is -2.52. The lowest BCUT2D eigenvalue weighted by Crippen LogP contribution is -2.71. The predicted octanol–water partition coefficient (Wildman–Crippen LogP) is 3.82. The quantitative estimate of drug-likeness (QED) is 0.775. The van der Waals surface area contributed by atoms with Gasteiger partial charge in [-0.25, -0.2) is 0 Å². The Balaban J connectivity index is 1.70. The van der Waals surface area contributed by atoms with Gasteiger partial charge in [0.05, 0.1) is 5.41 Å². The van der Waals surface area contributed by atoms with Crippen LogP contribution in [0, 0.1) is 10.8 Å². The van der Waals surface area contributed by atoms with Gasteiger partial charge in [0.25, 0.3) is 8.32 Å². The highest BCUT2D eigenvalue weighted by molar-refractivity contribution is 6.99. The topological polar surface area (TPSA) is 46.5 Å². The first-order chi connectivity index (χ1) is 12.7. The molecule has 3 fully saturated rings. The maximum absolute atomic E-state index is 11.5. The Bertz CT molecular complexity index is 780. The first-order valence-corrected chi connectivity index (χ1v) is 11.6. The Morgan fingerprint density at radius 3 is 1.78 bits per heavy atom. The molecule has 5 rings (SSSR count). The van der Waals surface area contributed by atoms with E-state index in [-0.39, 0.29) is 10.5 Å². The van der Waals surface area contributed by atoms with Gasteiger partial charge in [-0.15, -0.1) is 0 Å². The molecule has 2 bridgehead atoms. The standard InChI is InChI=1S/C23H28O3Si/c1-21(2,3)27(18-10-6-4-7-11-18,19-12-8-5-9-13-19)26-17-22-14-23(15-22,16-22)20(24)25/h4-13H,14-17H2,1-3H3,(H,24,25). The van der Waals surface area contributed by atoms with Gasteiger partial charge in [-0.2, -0.15) is 0 Å². The van der Waals surface area contributed by atoms with Gasteiger partial charge in [0.2, 0.25) is 0 Å². The van der Waals surface area contributed by atoms with E-state index in [1.54, 1.807) is 0 Å². The summed E-state index contributed by atoms with van der Waals surface area (Å²) in [5.74, 6) is -0.630. The molecule has 142 valence electrons. The number of aliphatic carboxylic acids is 1. The van der Waals surface area contributed by atoms with Crippen molar-refractivity contribution in [3.63, 3.8) is 0 Å². The fourth-order valence-electron chi connectivity index (χ4n) is 5.40. The molecule has 0 atom stereocenters. The van der Waals surface area contributed by atoms with Crippen LogP contribution >= 0.6 is 0 Å². The Kier molecular flexibility index (Phi) is 4.13. The first kappa shape index (κ1) is 18.5. The van der Waals surface area contributed by atoms with Crippen molar-refractivity contribution in [1.82, 2.24) is 0 Å². The summed E-state index contributed by atoms with van der Waals surface area (Å²) in [6.07, 6.45) is 2.31. The van der Waals surface area contributed by atoms with Crippen molar-refractivity contribution < 1.29 is 14.3 Å². The Labute approximate surface area is 162 Å². The summed E-state index contributed by atoms with van der Waals surface area (Å²) in [7, 11) is -2.52. The van der Waals surface area contributed by atoms with Crippen LogP contribution in [0.3, 0.4) is 0 Å². The minimum Gasteiger partial charge on any atom is -0.481 e. The molecule has 2 aromatic rings. The lowest BCUT2D eigenvalue weighted by atomic mass is 9.35. The van der Waals surface area contributed by atoms with Gasteiger partial charge in [-0.1, -0.05) is 81.4 Å². The van der Waals surface area contributed by atoms with Crippen LogP contribution in [0.15, 0.2) is 60.7 Å². The summed E-state index contributed by atoms with van der Waals surface area (Å²) < 4.78 is 6.98. The Hall–Kier alpha value is -1.91. The molecule has 0 saturated heterocycles. The van der Waals surface area contributed by atoms with E-state index in [1.165, 1.54) is 10.4 Å². The van der Waals surface area contributed by atoms with Crippen LogP contribution in [0.1, 0.15) is 40.0 Å². The number of carboxylic acids is 1. The van der Waals surface area contributed by atoms with Gasteiger partial charge in [-0.05, 0) is 40.1 Å².